The van der Waals surface area contributed by atoms with Crippen molar-refractivity contribution in [2.45, 2.75) is 56.8 Å². The Hall–Kier alpha value is 0.580. The van der Waals surface area contributed by atoms with Gasteiger partial charge in [0.15, 0.2) is 4.93 Å². The second-order valence-electron chi connectivity index (χ2n) is 3.40. The molecule has 0 saturated carbocycles. The van der Waals surface area contributed by atoms with Crippen LogP contribution in [0.3, 0.4) is 0 Å². The highest BCUT2D eigenvalue weighted by Crippen LogP contribution is 2.38. The molecule has 5 heteroatoms. The monoisotopic (exact) mass is 240 g/mol. The number of hydrogen-bond donors (Lipinski definition) is 2. The third-order valence-electron chi connectivity index (χ3n) is 2.31. The molecule has 1 unspecified atom stereocenters. The molecule has 0 bridgehead atoms. The van der Waals surface area contributed by atoms with Gasteiger partial charge in [0.1, 0.15) is 4.93 Å². The summed E-state index contributed by atoms with van der Waals surface area (Å²) in [4.78, 5) is -1.48. The van der Waals surface area contributed by atoms with Gasteiger partial charge in [-0.3, -0.25) is 4.18 Å². The van der Waals surface area contributed by atoms with Crippen LogP contribution in [0.5, 0.6) is 0 Å². The van der Waals surface area contributed by atoms with Crippen LogP contribution in [-0.4, -0.2) is 19.5 Å². The quantitative estimate of drug-likeness (QED) is 0.527. The van der Waals surface area contributed by atoms with Crippen molar-refractivity contribution in [1.82, 2.24) is 0 Å². The second-order valence-corrected chi connectivity index (χ2v) is 5.54. The Morgan fingerprint density at radius 2 is 1.64 bits per heavy atom. The maximum absolute atomic E-state index is 9.93. The van der Waals surface area contributed by atoms with Crippen molar-refractivity contribution in [2.24, 2.45) is 0 Å². The Morgan fingerprint density at radius 3 is 1.93 bits per heavy atom. The molecule has 2 N–H and O–H groups in total. The Balaban J connectivity index is 4.14. The Morgan fingerprint density at radius 1 is 1.14 bits per heavy atom. The Bertz CT molecular complexity index is 138. The molecule has 0 heterocycles. The van der Waals surface area contributed by atoms with Gasteiger partial charge in [-0.05, 0) is 26.2 Å². The fraction of sp³-hybridized carbons (Fsp3) is 1.00. The molecular weight excluding hydrogens is 220 g/mol. The molecule has 0 aliphatic heterocycles. The molecule has 0 aromatic rings. The maximum atomic E-state index is 9.93. The van der Waals surface area contributed by atoms with E-state index in [0.29, 0.717) is 31.3 Å². The fourth-order valence-electron chi connectivity index (χ4n) is 0.672. The lowest BCUT2D eigenvalue weighted by Crippen LogP contribution is -2.27. The van der Waals surface area contributed by atoms with Crippen LogP contribution in [0.2, 0.25) is 0 Å². The lowest BCUT2D eigenvalue weighted by Gasteiger charge is -2.30. The molecule has 86 valence electrons. The molecule has 0 aliphatic rings. The van der Waals surface area contributed by atoms with Crippen molar-refractivity contribution in [1.29, 1.82) is 0 Å². The number of aliphatic hydroxyl groups is 1. The molecule has 0 aromatic heterocycles. The van der Waals surface area contributed by atoms with Crippen LogP contribution in [0.25, 0.3) is 0 Å². The largest absolute Gasteiger partial charge is 0.377 e. The molecule has 0 radical (unpaired) electrons. The van der Waals surface area contributed by atoms with Crippen molar-refractivity contribution in [3.8, 4) is 0 Å². The summed E-state index contributed by atoms with van der Waals surface area (Å²) < 4.78 is 14.5. The molecule has 0 spiro atoms. The van der Waals surface area contributed by atoms with Gasteiger partial charge in [0, 0.05) is 24.1 Å². The van der Waals surface area contributed by atoms with Crippen molar-refractivity contribution < 1.29 is 13.8 Å². The van der Waals surface area contributed by atoms with Crippen LogP contribution in [0, 0.1) is 0 Å². The van der Waals surface area contributed by atoms with Crippen LogP contribution in [0.15, 0.2) is 0 Å². The first-order valence-corrected chi connectivity index (χ1v) is 6.38. The van der Waals surface area contributed by atoms with E-state index in [2.05, 4.69) is 0 Å². The predicted octanol–water partition coefficient (Wildman–Crippen LogP) is 3.49. The van der Waals surface area contributed by atoms with E-state index in [1.807, 2.05) is 20.8 Å². The van der Waals surface area contributed by atoms with Gasteiger partial charge < -0.3 is 9.66 Å². The lowest BCUT2D eigenvalue weighted by molar-refractivity contribution is 0.106. The molecule has 0 amide bonds. The van der Waals surface area contributed by atoms with E-state index in [0.717, 1.165) is 12.0 Å². The van der Waals surface area contributed by atoms with E-state index >= 15 is 0 Å². The first-order chi connectivity index (χ1) is 6.45. The van der Waals surface area contributed by atoms with Crippen LogP contribution in [0.4, 0.5) is 0 Å². The molecule has 0 aromatic carbocycles. The van der Waals surface area contributed by atoms with Gasteiger partial charge in [0.2, 0.25) is 0 Å². The molecule has 3 nitrogen and oxygen atoms in total. The summed E-state index contributed by atoms with van der Waals surface area (Å²) in [5.74, 6) is 0. The molecular formula is C9H20O3S2. The Kier molecular flexibility index (Phi) is 6.48. The number of rotatable bonds is 7. The summed E-state index contributed by atoms with van der Waals surface area (Å²) in [6, 6.07) is 0. The van der Waals surface area contributed by atoms with E-state index < -0.39 is 9.87 Å². The van der Waals surface area contributed by atoms with Crippen molar-refractivity contribution in [3.63, 3.8) is 0 Å². The highest BCUT2D eigenvalue weighted by atomic mass is 32.2. The summed E-state index contributed by atoms with van der Waals surface area (Å²) in [5.41, 5.74) is 0. The van der Waals surface area contributed by atoms with Crippen LogP contribution >= 0.6 is 24.1 Å². The first kappa shape index (κ1) is 14.6. The summed E-state index contributed by atoms with van der Waals surface area (Å²) in [7, 11) is 0. The van der Waals surface area contributed by atoms with Crippen molar-refractivity contribution in [2.75, 3.05) is 0 Å². The van der Waals surface area contributed by atoms with Crippen LogP contribution in [-0.2, 0) is 4.18 Å². The smallest absolute Gasteiger partial charge is 0.150 e. The van der Waals surface area contributed by atoms with E-state index in [1.165, 1.54) is 0 Å². The average Bonchev–Trinajstić information content (AvgIpc) is 2.25. The number of hydrogen-bond acceptors (Lipinski definition) is 5. The summed E-state index contributed by atoms with van der Waals surface area (Å²) >= 11 is 1.73. The summed E-state index contributed by atoms with van der Waals surface area (Å²) in [6.45, 7) is 7.56. The average molecular weight is 240 g/mol. The molecule has 0 aliphatic carbocycles. The van der Waals surface area contributed by atoms with Crippen molar-refractivity contribution in [3.05, 3.63) is 0 Å². The first-order valence-electron chi connectivity index (χ1n) is 4.87. The SMILES string of the molecule is CCC(O)(CC)SOC(C)(CC)SO. The second kappa shape index (κ2) is 6.23. The predicted molar refractivity (Wildman–Crippen MR) is 63.1 cm³/mol. The highest BCUT2D eigenvalue weighted by Gasteiger charge is 2.31. The van der Waals surface area contributed by atoms with Gasteiger partial charge in [0.05, 0.1) is 0 Å². The molecule has 1 atom stereocenters. The van der Waals surface area contributed by atoms with E-state index in [9.17, 15) is 5.11 Å². The zero-order valence-corrected chi connectivity index (χ0v) is 10.9. The zero-order chi connectivity index (χ0) is 11.2. The molecule has 0 rings (SSSR count). The minimum Gasteiger partial charge on any atom is -0.377 e. The fourth-order valence-corrected chi connectivity index (χ4v) is 1.71. The minimum atomic E-state index is -0.841. The van der Waals surface area contributed by atoms with Gasteiger partial charge in [-0.15, -0.1) is 0 Å². The molecule has 0 saturated heterocycles. The van der Waals surface area contributed by atoms with Crippen LogP contribution in [0.1, 0.15) is 47.0 Å². The normalized spacial score (nSPS) is 16.7. The van der Waals surface area contributed by atoms with Gasteiger partial charge in [-0.2, -0.15) is 0 Å². The third kappa shape index (κ3) is 4.40. The summed E-state index contributed by atoms with van der Waals surface area (Å²) in [5, 5.41) is 9.93. The Labute approximate surface area is 95.0 Å². The molecule has 0 fully saturated rings. The van der Waals surface area contributed by atoms with Crippen molar-refractivity contribution >= 4 is 24.1 Å². The summed E-state index contributed by atoms with van der Waals surface area (Å²) in [6.07, 6.45) is 1.94. The minimum absolute atomic E-state index is 0.629. The standard InChI is InChI=1S/C9H20O3S2/c1-5-8(4,13-11)12-14-9(10,6-2)7-3/h10-11H,5-7H2,1-4H3. The van der Waals surface area contributed by atoms with Gasteiger partial charge in [-0.25, -0.2) is 0 Å². The topological polar surface area (TPSA) is 49.7 Å². The van der Waals surface area contributed by atoms with E-state index in [-0.39, 0.29) is 0 Å². The van der Waals surface area contributed by atoms with Gasteiger partial charge in [-0.1, -0.05) is 20.8 Å². The molecule has 14 heavy (non-hydrogen) atoms. The van der Waals surface area contributed by atoms with Crippen LogP contribution < -0.4 is 0 Å². The highest BCUT2D eigenvalue weighted by molar-refractivity contribution is 7.98. The van der Waals surface area contributed by atoms with Gasteiger partial charge >= 0.3 is 0 Å². The van der Waals surface area contributed by atoms with E-state index in [4.69, 9.17) is 8.74 Å². The maximum Gasteiger partial charge on any atom is 0.150 e. The van der Waals surface area contributed by atoms with Gasteiger partial charge in [0.25, 0.3) is 0 Å². The van der Waals surface area contributed by atoms with E-state index in [1.54, 1.807) is 6.92 Å². The lowest BCUT2D eigenvalue weighted by atomic mass is 10.2. The third-order valence-corrected chi connectivity index (χ3v) is 4.52. The zero-order valence-electron chi connectivity index (χ0n) is 9.24.